The fraction of sp³-hybridized carbons (Fsp3) is 0.700. The van der Waals surface area contributed by atoms with Crippen molar-refractivity contribution in [2.45, 2.75) is 39.2 Å². The Morgan fingerprint density at radius 1 is 1.50 bits per heavy atom. The van der Waals surface area contributed by atoms with Crippen molar-refractivity contribution >= 4 is 5.78 Å². The van der Waals surface area contributed by atoms with Gasteiger partial charge in [0.25, 0.3) is 0 Å². The van der Waals surface area contributed by atoms with Crippen molar-refractivity contribution in [2.24, 2.45) is 0 Å². The van der Waals surface area contributed by atoms with Gasteiger partial charge < -0.3 is 4.74 Å². The molecule has 0 saturated heterocycles. The number of carbonyl (C=O) groups is 1. The zero-order valence-electron chi connectivity index (χ0n) is 8.23. The summed E-state index contributed by atoms with van der Waals surface area (Å²) >= 11 is 0. The maximum atomic E-state index is 11.2. The summed E-state index contributed by atoms with van der Waals surface area (Å²) in [5.74, 6) is 5.57. The predicted molar refractivity (Wildman–Crippen MR) is 48.8 cm³/mol. The second-order valence-electron chi connectivity index (χ2n) is 3.28. The van der Waals surface area contributed by atoms with Crippen molar-refractivity contribution in [1.82, 2.24) is 0 Å². The molecule has 0 radical (unpaired) electrons. The van der Waals surface area contributed by atoms with Gasteiger partial charge in [0, 0.05) is 13.5 Å². The fourth-order valence-electron chi connectivity index (χ4n) is 0.796. The quantitative estimate of drug-likeness (QED) is 0.598. The van der Waals surface area contributed by atoms with E-state index in [-0.39, 0.29) is 11.4 Å². The van der Waals surface area contributed by atoms with Crippen LogP contribution in [0, 0.1) is 11.8 Å². The molecule has 68 valence electrons. The molecule has 0 atom stereocenters. The maximum Gasteiger partial charge on any atom is 0.147 e. The third-order valence-corrected chi connectivity index (χ3v) is 1.64. The maximum absolute atomic E-state index is 11.2. The number of Topliss-reactive ketones (excluding diaryl/α,β-unsaturated/α-hetero) is 1. The average molecular weight is 168 g/mol. The second kappa shape index (κ2) is 4.95. The highest BCUT2D eigenvalue weighted by molar-refractivity contribution is 5.81. The fourth-order valence-corrected chi connectivity index (χ4v) is 0.796. The van der Waals surface area contributed by atoms with Crippen molar-refractivity contribution < 1.29 is 9.53 Å². The van der Waals surface area contributed by atoms with Crippen molar-refractivity contribution in [3.63, 3.8) is 0 Å². The minimum Gasteiger partial charge on any atom is -0.378 e. The molecule has 0 saturated carbocycles. The number of ether oxygens (including phenoxy) is 1. The zero-order valence-corrected chi connectivity index (χ0v) is 8.23. The summed E-state index contributed by atoms with van der Waals surface area (Å²) in [6.45, 7) is 5.52. The van der Waals surface area contributed by atoms with Gasteiger partial charge in [-0.3, -0.25) is 4.79 Å². The third-order valence-electron chi connectivity index (χ3n) is 1.64. The molecule has 0 amide bonds. The number of methoxy groups -OCH3 is 1. The van der Waals surface area contributed by atoms with Crippen molar-refractivity contribution in [3.05, 3.63) is 0 Å². The Hall–Kier alpha value is -0.810. The van der Waals surface area contributed by atoms with Gasteiger partial charge >= 0.3 is 0 Å². The first-order chi connectivity index (χ1) is 5.52. The van der Waals surface area contributed by atoms with E-state index in [4.69, 9.17) is 4.74 Å². The first kappa shape index (κ1) is 11.2. The molecule has 0 spiro atoms. The Morgan fingerprint density at radius 2 is 2.08 bits per heavy atom. The minimum atomic E-state index is -0.355. The number of carbonyl (C=O) groups excluding carboxylic acids is 1. The molecule has 0 bridgehead atoms. The molecular weight excluding hydrogens is 152 g/mol. The standard InChI is InChI=1S/C10H16O2/c1-5-6-7-9(11)8-10(2,3)12-4/h7-8H2,1-4H3. The summed E-state index contributed by atoms with van der Waals surface area (Å²) < 4.78 is 5.12. The molecule has 2 heteroatoms. The molecule has 0 unspecified atom stereocenters. The van der Waals surface area contributed by atoms with Gasteiger partial charge in [0.2, 0.25) is 0 Å². The molecule has 0 aliphatic heterocycles. The van der Waals surface area contributed by atoms with E-state index in [0.29, 0.717) is 12.8 Å². The summed E-state index contributed by atoms with van der Waals surface area (Å²) in [6, 6.07) is 0. The largest absolute Gasteiger partial charge is 0.378 e. The smallest absolute Gasteiger partial charge is 0.147 e. The molecule has 0 aromatic rings. The van der Waals surface area contributed by atoms with Crippen LogP contribution in [-0.2, 0) is 9.53 Å². The Morgan fingerprint density at radius 3 is 2.50 bits per heavy atom. The second-order valence-corrected chi connectivity index (χ2v) is 3.28. The van der Waals surface area contributed by atoms with Crippen molar-refractivity contribution in [1.29, 1.82) is 0 Å². The van der Waals surface area contributed by atoms with Gasteiger partial charge in [0.15, 0.2) is 0 Å². The van der Waals surface area contributed by atoms with Crippen LogP contribution in [0.5, 0.6) is 0 Å². The third kappa shape index (κ3) is 4.92. The van der Waals surface area contributed by atoms with Crippen LogP contribution in [0.3, 0.4) is 0 Å². The van der Waals surface area contributed by atoms with Crippen LogP contribution in [0.4, 0.5) is 0 Å². The molecule has 0 rings (SSSR count). The highest BCUT2D eigenvalue weighted by atomic mass is 16.5. The van der Waals surface area contributed by atoms with E-state index in [1.54, 1.807) is 14.0 Å². The Bertz CT molecular complexity index is 206. The molecule has 0 aromatic carbocycles. The Kier molecular flexibility index (Phi) is 4.61. The zero-order chi connectivity index (χ0) is 9.61. The summed E-state index contributed by atoms with van der Waals surface area (Å²) in [5, 5.41) is 0. The first-order valence-corrected chi connectivity index (χ1v) is 3.98. The van der Waals surface area contributed by atoms with Crippen LogP contribution in [0.25, 0.3) is 0 Å². The predicted octanol–water partition coefficient (Wildman–Crippen LogP) is 1.78. The Balaban J connectivity index is 3.89. The molecule has 0 N–H and O–H groups in total. The lowest BCUT2D eigenvalue weighted by Gasteiger charge is -2.21. The molecule has 0 heterocycles. The van der Waals surface area contributed by atoms with Gasteiger partial charge in [-0.05, 0) is 20.8 Å². The summed E-state index contributed by atoms with van der Waals surface area (Å²) in [7, 11) is 1.61. The van der Waals surface area contributed by atoms with Gasteiger partial charge in [-0.2, -0.15) is 0 Å². The van der Waals surface area contributed by atoms with Crippen LogP contribution in [-0.4, -0.2) is 18.5 Å². The number of rotatable bonds is 4. The monoisotopic (exact) mass is 168 g/mol. The van der Waals surface area contributed by atoms with E-state index < -0.39 is 0 Å². The topological polar surface area (TPSA) is 26.3 Å². The first-order valence-electron chi connectivity index (χ1n) is 3.98. The summed E-state index contributed by atoms with van der Waals surface area (Å²) in [6.07, 6.45) is 0.765. The van der Waals surface area contributed by atoms with Crippen LogP contribution >= 0.6 is 0 Å². The van der Waals surface area contributed by atoms with Crippen LogP contribution in [0.1, 0.15) is 33.6 Å². The van der Waals surface area contributed by atoms with Gasteiger partial charge in [-0.1, -0.05) is 5.92 Å². The summed E-state index contributed by atoms with van der Waals surface area (Å²) in [4.78, 5) is 11.2. The van der Waals surface area contributed by atoms with Gasteiger partial charge in [-0.25, -0.2) is 0 Å². The van der Waals surface area contributed by atoms with E-state index in [1.807, 2.05) is 13.8 Å². The van der Waals surface area contributed by atoms with E-state index >= 15 is 0 Å². The van der Waals surface area contributed by atoms with Gasteiger partial charge in [-0.15, -0.1) is 5.92 Å². The van der Waals surface area contributed by atoms with Crippen molar-refractivity contribution in [2.75, 3.05) is 7.11 Å². The highest BCUT2D eigenvalue weighted by Crippen LogP contribution is 2.13. The Labute approximate surface area is 74.3 Å². The lowest BCUT2D eigenvalue weighted by Crippen LogP contribution is -2.26. The molecular formula is C10H16O2. The van der Waals surface area contributed by atoms with E-state index in [2.05, 4.69) is 11.8 Å². The SMILES string of the molecule is CC#CCC(=O)CC(C)(C)OC. The number of ketones is 1. The number of hydrogen-bond acceptors (Lipinski definition) is 2. The average Bonchev–Trinajstić information content (AvgIpc) is 2.00. The molecule has 12 heavy (non-hydrogen) atoms. The van der Waals surface area contributed by atoms with E-state index in [0.717, 1.165) is 0 Å². The normalized spacial score (nSPS) is 10.3. The lowest BCUT2D eigenvalue weighted by molar-refractivity contribution is -0.123. The van der Waals surface area contributed by atoms with Crippen molar-refractivity contribution in [3.8, 4) is 11.8 Å². The van der Waals surface area contributed by atoms with Crippen LogP contribution in [0.15, 0.2) is 0 Å². The van der Waals surface area contributed by atoms with Gasteiger partial charge in [0.1, 0.15) is 5.78 Å². The summed E-state index contributed by atoms with van der Waals surface area (Å²) in [5.41, 5.74) is -0.355. The molecule has 0 aliphatic rings. The number of hydrogen-bond donors (Lipinski definition) is 0. The van der Waals surface area contributed by atoms with Crippen LogP contribution in [0.2, 0.25) is 0 Å². The minimum absolute atomic E-state index is 0.135. The van der Waals surface area contributed by atoms with E-state index in [9.17, 15) is 4.79 Å². The van der Waals surface area contributed by atoms with Crippen LogP contribution < -0.4 is 0 Å². The highest BCUT2D eigenvalue weighted by Gasteiger charge is 2.19. The molecule has 0 aromatic heterocycles. The van der Waals surface area contributed by atoms with E-state index in [1.165, 1.54) is 0 Å². The van der Waals surface area contributed by atoms with Gasteiger partial charge in [0.05, 0.1) is 12.0 Å². The molecule has 0 fully saturated rings. The lowest BCUT2D eigenvalue weighted by atomic mass is 10.0. The molecule has 0 aliphatic carbocycles. The molecule has 2 nitrogen and oxygen atoms in total.